The fourth-order valence-electron chi connectivity index (χ4n) is 6.86. The highest BCUT2D eigenvalue weighted by atomic mass is 32.3. The second-order valence-electron chi connectivity index (χ2n) is 15.7. The van der Waals surface area contributed by atoms with Crippen LogP contribution in [0.5, 0.6) is 0 Å². The maximum Gasteiger partial charge on any atom is 0.309 e. The average Bonchev–Trinajstić information content (AvgIpc) is 3.12. The maximum atomic E-state index is 14.5. The number of fused-ring (bicyclic) bond motifs is 2. The summed E-state index contributed by atoms with van der Waals surface area (Å²) in [5, 5.41) is 8.90. The van der Waals surface area contributed by atoms with Crippen molar-refractivity contribution in [3.05, 3.63) is 64.5 Å². The molecule has 2 aromatic rings. The molecule has 16 nitrogen and oxygen atoms in total. The second-order valence-corrected chi connectivity index (χ2v) is 20.5. The number of nitrogens with one attached hydrogen (secondary N) is 2. The van der Waals surface area contributed by atoms with E-state index in [1.807, 2.05) is 32.0 Å². The molecule has 0 saturated carbocycles. The van der Waals surface area contributed by atoms with Crippen molar-refractivity contribution in [3.63, 3.8) is 0 Å². The fraction of sp³-hybridized carbons (Fsp3) is 0.462. The summed E-state index contributed by atoms with van der Waals surface area (Å²) >= 11 is 3.46. The van der Waals surface area contributed by atoms with Gasteiger partial charge in [0.15, 0.2) is 0 Å². The Morgan fingerprint density at radius 1 is 1.05 bits per heavy atom. The Morgan fingerprint density at radius 3 is 2.40 bits per heavy atom. The van der Waals surface area contributed by atoms with Crippen LogP contribution in [0.2, 0.25) is 0 Å². The van der Waals surface area contributed by atoms with Crippen LogP contribution in [0, 0.1) is 19.8 Å². The van der Waals surface area contributed by atoms with Crippen LogP contribution >= 0.6 is 12.9 Å². The van der Waals surface area contributed by atoms with Gasteiger partial charge in [0.25, 0.3) is 5.91 Å². The predicted molar refractivity (Wildman–Crippen MR) is 218 cm³/mol. The minimum atomic E-state index is -4.97. The molecule has 19 heteroatoms. The van der Waals surface area contributed by atoms with Crippen molar-refractivity contribution in [1.82, 2.24) is 4.90 Å². The van der Waals surface area contributed by atoms with Crippen molar-refractivity contribution < 1.29 is 64.3 Å². The van der Waals surface area contributed by atoms with E-state index >= 15 is 0 Å². The third-order valence-electron chi connectivity index (χ3n) is 9.62. The van der Waals surface area contributed by atoms with Gasteiger partial charge in [-0.2, -0.15) is 0 Å². The van der Waals surface area contributed by atoms with E-state index in [1.54, 1.807) is 31.7 Å². The summed E-state index contributed by atoms with van der Waals surface area (Å²) in [7, 11) is -9.65. The molecule has 1 fully saturated rings. The molecule has 4 N–H and O–H groups in total. The normalized spacial score (nSPS) is 15.4. The van der Waals surface area contributed by atoms with E-state index in [0.717, 1.165) is 28.8 Å². The monoisotopic (exact) mass is 865 g/mol. The van der Waals surface area contributed by atoms with Crippen LogP contribution in [0.15, 0.2) is 51.8 Å². The van der Waals surface area contributed by atoms with E-state index in [-0.39, 0.29) is 49.9 Å². The van der Waals surface area contributed by atoms with E-state index in [9.17, 15) is 35.9 Å². The number of piperidine rings is 1. The molecule has 5 rings (SSSR count). The van der Waals surface area contributed by atoms with E-state index in [2.05, 4.69) is 32.6 Å². The summed E-state index contributed by atoms with van der Waals surface area (Å²) in [6.07, 6.45) is 2.31. The number of aryl methyl sites for hydroxylation is 2. The lowest BCUT2D eigenvalue weighted by Gasteiger charge is -2.33. The number of benzene rings is 3. The average molecular weight is 866 g/mol. The number of esters is 1. The highest BCUT2D eigenvalue weighted by Gasteiger charge is 2.33. The maximum absolute atomic E-state index is 14.5. The minimum Gasteiger partial charge on any atom is -0.744 e. The van der Waals surface area contributed by atoms with Crippen LogP contribution in [0.4, 0.5) is 5.69 Å². The minimum absolute atomic E-state index is 0.0144. The summed E-state index contributed by atoms with van der Waals surface area (Å²) in [6, 6.07) is 11.1. The number of hydrogen-bond acceptors (Lipinski definition) is 13. The molecule has 58 heavy (non-hydrogen) atoms. The Balaban J connectivity index is 1.65. The van der Waals surface area contributed by atoms with Gasteiger partial charge in [-0.3, -0.25) is 9.59 Å². The number of hydrogen-bond donors (Lipinski definition) is 5. The van der Waals surface area contributed by atoms with E-state index in [1.165, 1.54) is 12.1 Å². The molecule has 0 unspecified atom stereocenters. The van der Waals surface area contributed by atoms with Crippen molar-refractivity contribution >= 4 is 61.2 Å². The van der Waals surface area contributed by atoms with Gasteiger partial charge in [0.2, 0.25) is 5.36 Å². The summed E-state index contributed by atoms with van der Waals surface area (Å²) in [5.74, 6) is -1.18. The van der Waals surface area contributed by atoms with Crippen LogP contribution < -0.4 is 15.7 Å². The van der Waals surface area contributed by atoms with Crippen LogP contribution in [0.25, 0.3) is 33.4 Å². The number of ether oxygens (including phenoxy) is 1. The standard InChI is InChI=1S/C39H51N3O13S3/c1-24-19-30-34(22-32(24)40-13-7-17-51-54-55-56)52-35-23-33(41-14-8-18-58(6,48,49)50)25(2)20-31(35)36(30)28-10-9-27(57(45,46)47)21-29(28)37(43)42-15-11-26(12-16-42)38(44)53-39(3,4)5/h9-10,19-23,26,41,56H,7-8,11-18H2,1-6H3,(H,45,46,47)(H2,48,49,50). The lowest BCUT2D eigenvalue weighted by molar-refractivity contribution is -0.508. The molecule has 3 aliphatic rings. The number of thiol groups is 1. The molecule has 0 spiro atoms. The Hall–Kier alpha value is -3.92. The largest absolute Gasteiger partial charge is 0.744 e. The first kappa shape index (κ1) is 45.2. The van der Waals surface area contributed by atoms with Gasteiger partial charge in [0.05, 0.1) is 33.1 Å². The highest BCUT2D eigenvalue weighted by molar-refractivity contribution is 8.09. The van der Waals surface area contributed by atoms with Gasteiger partial charge < -0.3 is 33.0 Å². The first-order chi connectivity index (χ1) is 27.0. The number of carbonyl (C=O) groups excluding carboxylic acids is 2. The number of rotatable bonds is 15. The van der Waals surface area contributed by atoms with Gasteiger partial charge in [-0.1, -0.05) is 11.1 Å². The number of likely N-dealkylation sites (tertiary alicyclic amines) is 1. The Kier molecular flexibility index (Phi) is 13.8. The number of amides is 1. The molecule has 1 saturated heterocycles. The van der Waals surface area contributed by atoms with Gasteiger partial charge >= 0.3 is 5.97 Å². The zero-order valence-corrected chi connectivity index (χ0v) is 35.8. The zero-order valence-electron chi connectivity index (χ0n) is 33.3. The Morgan fingerprint density at radius 2 is 1.76 bits per heavy atom. The molecule has 0 bridgehead atoms. The smallest absolute Gasteiger partial charge is 0.309 e. The molecule has 0 atom stereocenters. The Labute approximate surface area is 342 Å². The van der Waals surface area contributed by atoms with Crippen molar-refractivity contribution in [2.45, 2.75) is 70.8 Å². The first-order valence-electron chi connectivity index (χ1n) is 18.7. The van der Waals surface area contributed by atoms with Gasteiger partial charge in [-0.25, -0.2) is 22.5 Å². The SMILES string of the molecule is Cc1cc2c(-c3ccc(S(=O)(=O)[O-])cc3C(=O)N3CCC(C(=O)OC(C)(C)C)CC3)c3cc(C)c(=[NH+]CCCOOOS)cc-3oc2cc1NCCCS(C)(=O)(O)O. The molecule has 0 radical (unpaired) electrons. The lowest BCUT2D eigenvalue weighted by Crippen LogP contribution is -2.77. The molecule has 1 aliphatic carbocycles. The van der Waals surface area contributed by atoms with Gasteiger partial charge in [-0.05, 0) is 89.3 Å². The van der Waals surface area contributed by atoms with Crippen molar-refractivity contribution in [2.24, 2.45) is 5.92 Å². The van der Waals surface area contributed by atoms with Crippen LogP contribution in [0.1, 0.15) is 67.9 Å². The van der Waals surface area contributed by atoms with E-state index < -0.39 is 42.1 Å². The number of anilines is 1. The van der Waals surface area contributed by atoms with Crippen LogP contribution in [0.3, 0.4) is 0 Å². The summed E-state index contributed by atoms with van der Waals surface area (Å²) < 4.78 is 84.9. The topological polar surface area (TPSA) is 228 Å². The molecule has 1 amide bonds. The van der Waals surface area contributed by atoms with Crippen molar-refractivity contribution in [2.75, 3.05) is 50.1 Å². The van der Waals surface area contributed by atoms with E-state index in [4.69, 9.17) is 14.0 Å². The predicted octanol–water partition coefficient (Wildman–Crippen LogP) is 4.21. The molecule has 2 aromatic carbocycles. The molecule has 2 heterocycles. The molecule has 2 aliphatic heterocycles. The zero-order chi connectivity index (χ0) is 42.7. The van der Waals surface area contributed by atoms with Crippen molar-refractivity contribution in [1.29, 1.82) is 0 Å². The van der Waals surface area contributed by atoms with Gasteiger partial charge in [-0.15, -0.1) is 4.33 Å². The first-order valence-corrected chi connectivity index (χ1v) is 22.9. The summed E-state index contributed by atoms with van der Waals surface area (Å²) in [4.78, 5) is 36.6. The lowest BCUT2D eigenvalue weighted by atomic mass is 9.88. The summed E-state index contributed by atoms with van der Waals surface area (Å²) in [5.41, 5.74) is 3.44. The summed E-state index contributed by atoms with van der Waals surface area (Å²) in [6.45, 7) is 10.5. The molecular weight excluding hydrogens is 815 g/mol. The molecular formula is C39H51N3O13S3. The van der Waals surface area contributed by atoms with Gasteiger partial charge in [0.1, 0.15) is 33.6 Å². The van der Waals surface area contributed by atoms with Crippen molar-refractivity contribution in [3.8, 4) is 22.5 Å². The highest BCUT2D eigenvalue weighted by Crippen LogP contribution is 2.44. The van der Waals surface area contributed by atoms with E-state index in [0.29, 0.717) is 64.9 Å². The number of carbonyl (C=O) groups is 2. The molecule has 0 aromatic heterocycles. The fourth-order valence-corrected chi connectivity index (χ4v) is 8.20. The molecule has 318 valence electrons. The van der Waals surface area contributed by atoms with Gasteiger partial charge in [0, 0.05) is 90.4 Å². The third kappa shape index (κ3) is 11.9. The number of nitrogens with zero attached hydrogens (tertiary/aromatic N) is 1. The third-order valence-corrected chi connectivity index (χ3v) is 11.7. The van der Waals surface area contributed by atoms with Crippen LogP contribution in [-0.2, 0) is 43.5 Å². The van der Waals surface area contributed by atoms with Crippen LogP contribution in [-0.4, -0.2) is 93.5 Å². The Bertz CT molecular complexity index is 2380. The quantitative estimate of drug-likeness (QED) is 0.0165. The second kappa shape index (κ2) is 17.7.